The molecule has 0 atom stereocenters. The minimum absolute atomic E-state index is 0.326. The summed E-state index contributed by atoms with van der Waals surface area (Å²) in [6, 6.07) is 8.67. The van der Waals surface area contributed by atoms with Crippen LogP contribution in [0.2, 0.25) is 5.02 Å². The lowest BCUT2D eigenvalue weighted by Gasteiger charge is -2.12. The number of amides is 1. The van der Waals surface area contributed by atoms with Crippen molar-refractivity contribution in [2.75, 3.05) is 33.3 Å². The fourth-order valence-corrected chi connectivity index (χ4v) is 2.65. The van der Waals surface area contributed by atoms with E-state index in [1.54, 1.807) is 31.4 Å². The molecule has 28 heavy (non-hydrogen) atoms. The zero-order chi connectivity index (χ0) is 20.5. The quantitative estimate of drug-likeness (QED) is 0.606. The lowest BCUT2D eigenvalue weighted by atomic mass is 10.2. The molecule has 0 bridgehead atoms. The van der Waals surface area contributed by atoms with Crippen LogP contribution in [0.4, 0.5) is 5.69 Å². The van der Waals surface area contributed by atoms with Crippen LogP contribution in [0.15, 0.2) is 36.4 Å². The first-order valence-corrected chi connectivity index (χ1v) is 9.11. The molecule has 0 aliphatic rings. The maximum Gasteiger partial charge on any atom is 0.248 e. The molecule has 0 aromatic heterocycles. The SMILES string of the molecule is CCCOc1ccc(/C=C/C(=O)Nc2cc(OC)c(Cl)cc2OC)cc1OC. The molecule has 0 unspecified atom stereocenters. The summed E-state index contributed by atoms with van der Waals surface area (Å²) in [6.07, 6.45) is 4.01. The summed E-state index contributed by atoms with van der Waals surface area (Å²) in [7, 11) is 4.58. The lowest BCUT2D eigenvalue weighted by Crippen LogP contribution is -2.09. The smallest absolute Gasteiger partial charge is 0.248 e. The van der Waals surface area contributed by atoms with E-state index in [2.05, 4.69) is 5.32 Å². The molecule has 7 heteroatoms. The molecule has 0 heterocycles. The van der Waals surface area contributed by atoms with Gasteiger partial charge >= 0.3 is 0 Å². The molecule has 0 aliphatic carbocycles. The zero-order valence-electron chi connectivity index (χ0n) is 16.4. The Bertz CT molecular complexity index is 851. The molecule has 0 aliphatic heterocycles. The van der Waals surface area contributed by atoms with Gasteiger partial charge in [0.25, 0.3) is 0 Å². The van der Waals surface area contributed by atoms with E-state index >= 15 is 0 Å². The van der Waals surface area contributed by atoms with Gasteiger partial charge in [0, 0.05) is 18.2 Å². The molecular formula is C21H24ClNO5. The molecular weight excluding hydrogens is 382 g/mol. The largest absolute Gasteiger partial charge is 0.495 e. The van der Waals surface area contributed by atoms with Gasteiger partial charge in [-0.25, -0.2) is 0 Å². The Morgan fingerprint density at radius 3 is 2.36 bits per heavy atom. The van der Waals surface area contributed by atoms with Crippen molar-refractivity contribution in [2.24, 2.45) is 0 Å². The average Bonchev–Trinajstić information content (AvgIpc) is 2.71. The molecule has 2 rings (SSSR count). The normalized spacial score (nSPS) is 10.6. The van der Waals surface area contributed by atoms with Crippen LogP contribution in [0.3, 0.4) is 0 Å². The predicted octanol–water partition coefficient (Wildman–Crippen LogP) is 4.81. The molecule has 0 saturated carbocycles. The van der Waals surface area contributed by atoms with Gasteiger partial charge in [-0.2, -0.15) is 0 Å². The summed E-state index contributed by atoms with van der Waals surface area (Å²) in [5.74, 6) is 1.83. The van der Waals surface area contributed by atoms with Crippen molar-refractivity contribution >= 4 is 29.3 Å². The highest BCUT2D eigenvalue weighted by atomic mass is 35.5. The number of carbonyl (C=O) groups excluding carboxylic acids is 1. The second kappa shape index (κ2) is 10.5. The van der Waals surface area contributed by atoms with Gasteiger partial charge in [0.1, 0.15) is 11.5 Å². The van der Waals surface area contributed by atoms with Crippen molar-refractivity contribution in [3.8, 4) is 23.0 Å². The van der Waals surface area contributed by atoms with Gasteiger partial charge in [-0.05, 0) is 30.2 Å². The summed E-state index contributed by atoms with van der Waals surface area (Å²) < 4.78 is 21.4. The van der Waals surface area contributed by atoms with Gasteiger partial charge in [0.15, 0.2) is 11.5 Å². The number of ether oxygens (including phenoxy) is 4. The number of hydrogen-bond donors (Lipinski definition) is 1. The standard InChI is InChI=1S/C21H24ClNO5/c1-5-10-28-17-8-6-14(11-20(17)27-4)7-9-21(24)23-16-13-18(25-2)15(22)12-19(16)26-3/h6-9,11-13H,5,10H2,1-4H3,(H,23,24)/b9-7+. The monoisotopic (exact) mass is 405 g/mol. The van der Waals surface area contributed by atoms with E-state index in [0.717, 1.165) is 12.0 Å². The first-order valence-electron chi connectivity index (χ1n) is 8.73. The van der Waals surface area contributed by atoms with Gasteiger partial charge in [0.05, 0.1) is 38.6 Å². The van der Waals surface area contributed by atoms with Crippen LogP contribution in [0.5, 0.6) is 23.0 Å². The number of methoxy groups -OCH3 is 3. The van der Waals surface area contributed by atoms with Gasteiger partial charge in [-0.1, -0.05) is 24.6 Å². The summed E-state index contributed by atoms with van der Waals surface area (Å²) in [6.45, 7) is 2.65. The zero-order valence-corrected chi connectivity index (χ0v) is 17.1. The van der Waals surface area contributed by atoms with Gasteiger partial charge in [0.2, 0.25) is 5.91 Å². The van der Waals surface area contributed by atoms with Gasteiger partial charge < -0.3 is 24.3 Å². The molecule has 1 N–H and O–H groups in total. The van der Waals surface area contributed by atoms with Crippen LogP contribution in [0.25, 0.3) is 6.08 Å². The van der Waals surface area contributed by atoms with E-state index in [0.29, 0.717) is 40.3 Å². The summed E-state index contributed by atoms with van der Waals surface area (Å²) in [4.78, 5) is 12.3. The first kappa shape index (κ1) is 21.4. The van der Waals surface area contributed by atoms with Crippen LogP contribution in [-0.4, -0.2) is 33.8 Å². The Kier molecular flexibility index (Phi) is 8.02. The first-order chi connectivity index (χ1) is 13.5. The summed E-state index contributed by atoms with van der Waals surface area (Å²) >= 11 is 6.08. The Labute approximate surface area is 170 Å². The number of carbonyl (C=O) groups is 1. The third-order valence-electron chi connectivity index (χ3n) is 3.81. The molecule has 2 aromatic carbocycles. The Morgan fingerprint density at radius 2 is 1.71 bits per heavy atom. The third kappa shape index (κ3) is 5.57. The highest BCUT2D eigenvalue weighted by molar-refractivity contribution is 6.32. The third-order valence-corrected chi connectivity index (χ3v) is 4.10. The van der Waals surface area contributed by atoms with E-state index < -0.39 is 0 Å². The van der Waals surface area contributed by atoms with Crippen LogP contribution >= 0.6 is 11.6 Å². The van der Waals surface area contributed by atoms with E-state index in [4.69, 9.17) is 30.5 Å². The molecule has 0 fully saturated rings. The van der Waals surface area contributed by atoms with Gasteiger partial charge in [-0.3, -0.25) is 4.79 Å². The highest BCUT2D eigenvalue weighted by Crippen LogP contribution is 2.36. The van der Waals surface area contributed by atoms with Crippen molar-refractivity contribution in [1.29, 1.82) is 0 Å². The molecule has 150 valence electrons. The summed E-state index contributed by atoms with van der Waals surface area (Å²) in [5, 5.41) is 3.15. The molecule has 0 radical (unpaired) electrons. The minimum Gasteiger partial charge on any atom is -0.495 e. The Morgan fingerprint density at radius 1 is 1.00 bits per heavy atom. The number of benzene rings is 2. The van der Waals surface area contributed by atoms with E-state index in [-0.39, 0.29) is 5.91 Å². The number of anilines is 1. The van der Waals surface area contributed by atoms with Crippen LogP contribution < -0.4 is 24.3 Å². The highest BCUT2D eigenvalue weighted by Gasteiger charge is 2.11. The molecule has 2 aromatic rings. The second-order valence-corrected chi connectivity index (χ2v) is 6.18. The maximum absolute atomic E-state index is 12.3. The topological polar surface area (TPSA) is 66.0 Å². The van der Waals surface area contributed by atoms with Crippen LogP contribution in [-0.2, 0) is 4.79 Å². The van der Waals surface area contributed by atoms with Crippen LogP contribution in [0, 0.1) is 0 Å². The van der Waals surface area contributed by atoms with E-state index in [1.807, 2.05) is 19.1 Å². The average molecular weight is 406 g/mol. The van der Waals surface area contributed by atoms with Crippen molar-refractivity contribution in [2.45, 2.75) is 13.3 Å². The number of rotatable bonds is 9. The Balaban J connectivity index is 2.14. The molecule has 0 spiro atoms. The van der Waals surface area contributed by atoms with Crippen molar-refractivity contribution in [3.05, 3.63) is 47.0 Å². The number of halogens is 1. The van der Waals surface area contributed by atoms with Crippen molar-refractivity contribution in [1.82, 2.24) is 0 Å². The fraction of sp³-hybridized carbons (Fsp3) is 0.286. The van der Waals surface area contributed by atoms with Crippen molar-refractivity contribution < 1.29 is 23.7 Å². The molecule has 6 nitrogen and oxygen atoms in total. The second-order valence-electron chi connectivity index (χ2n) is 5.77. The minimum atomic E-state index is -0.326. The van der Waals surface area contributed by atoms with Gasteiger partial charge in [-0.15, -0.1) is 0 Å². The lowest BCUT2D eigenvalue weighted by molar-refractivity contribution is -0.111. The Hall–Kier alpha value is -2.86. The number of nitrogens with one attached hydrogen (secondary N) is 1. The molecule has 0 saturated heterocycles. The van der Waals surface area contributed by atoms with E-state index in [1.165, 1.54) is 20.3 Å². The fourth-order valence-electron chi connectivity index (χ4n) is 2.42. The van der Waals surface area contributed by atoms with E-state index in [9.17, 15) is 4.79 Å². The summed E-state index contributed by atoms with van der Waals surface area (Å²) in [5.41, 5.74) is 1.26. The number of hydrogen-bond acceptors (Lipinski definition) is 5. The maximum atomic E-state index is 12.3. The predicted molar refractivity (Wildman–Crippen MR) is 111 cm³/mol. The van der Waals surface area contributed by atoms with Crippen molar-refractivity contribution in [3.63, 3.8) is 0 Å². The van der Waals surface area contributed by atoms with Crippen LogP contribution in [0.1, 0.15) is 18.9 Å². The molecule has 1 amide bonds.